The van der Waals surface area contributed by atoms with Gasteiger partial charge in [-0.05, 0) is 43.6 Å². The number of rotatable bonds is 5. The molecule has 1 saturated carbocycles. The molecule has 1 N–H and O–H groups in total. The molecule has 1 aliphatic rings. The van der Waals surface area contributed by atoms with Gasteiger partial charge in [-0.3, -0.25) is 0 Å². The van der Waals surface area contributed by atoms with Crippen LogP contribution >= 0.6 is 11.8 Å². The van der Waals surface area contributed by atoms with Gasteiger partial charge in [-0.1, -0.05) is 18.2 Å². The minimum absolute atomic E-state index is 0.0480. The molecular formula is C14H20FNS. The van der Waals surface area contributed by atoms with Crippen LogP contribution < -0.4 is 5.32 Å². The van der Waals surface area contributed by atoms with Crippen molar-refractivity contribution in [2.24, 2.45) is 0 Å². The van der Waals surface area contributed by atoms with Gasteiger partial charge in [0.2, 0.25) is 0 Å². The molecule has 94 valence electrons. The molecule has 0 aliphatic heterocycles. The summed E-state index contributed by atoms with van der Waals surface area (Å²) in [6.07, 6.45) is 4.26. The molecule has 1 aromatic rings. The summed E-state index contributed by atoms with van der Waals surface area (Å²) in [7, 11) is 0. The molecule has 0 aromatic heterocycles. The van der Waals surface area contributed by atoms with Gasteiger partial charge in [-0.15, -0.1) is 0 Å². The number of thioether (sulfide) groups is 1. The van der Waals surface area contributed by atoms with Crippen molar-refractivity contribution >= 4 is 11.8 Å². The van der Waals surface area contributed by atoms with E-state index < -0.39 is 0 Å². The zero-order valence-corrected chi connectivity index (χ0v) is 11.3. The van der Waals surface area contributed by atoms with E-state index in [-0.39, 0.29) is 5.82 Å². The summed E-state index contributed by atoms with van der Waals surface area (Å²) in [5.74, 6) is 1.50. The van der Waals surface area contributed by atoms with E-state index in [1.165, 1.54) is 0 Å². The van der Waals surface area contributed by atoms with Crippen molar-refractivity contribution in [1.29, 1.82) is 0 Å². The molecule has 1 aliphatic carbocycles. The van der Waals surface area contributed by atoms with Gasteiger partial charge in [0, 0.05) is 17.8 Å². The predicted molar refractivity (Wildman–Crippen MR) is 73.1 cm³/mol. The van der Waals surface area contributed by atoms with E-state index in [1.807, 2.05) is 23.9 Å². The van der Waals surface area contributed by atoms with Gasteiger partial charge < -0.3 is 5.32 Å². The molecule has 2 rings (SSSR count). The standard InChI is InChI=1S/C14H20FNS/c1-10(9-17-2)16-12-7-11(8-12)13-5-3-4-6-14(13)15/h3-6,10-12,16H,7-9H2,1-2H3. The van der Waals surface area contributed by atoms with E-state index in [0.29, 0.717) is 18.0 Å². The van der Waals surface area contributed by atoms with Crippen LogP contribution in [-0.4, -0.2) is 24.1 Å². The fraction of sp³-hybridized carbons (Fsp3) is 0.571. The van der Waals surface area contributed by atoms with Gasteiger partial charge in [0.1, 0.15) is 5.82 Å². The van der Waals surface area contributed by atoms with Crippen LogP contribution in [0, 0.1) is 5.82 Å². The molecule has 1 fully saturated rings. The molecule has 1 aromatic carbocycles. The lowest BCUT2D eigenvalue weighted by molar-refractivity contribution is 0.271. The first-order valence-electron chi connectivity index (χ1n) is 6.20. The zero-order valence-electron chi connectivity index (χ0n) is 10.4. The quantitative estimate of drug-likeness (QED) is 0.863. The summed E-state index contributed by atoms with van der Waals surface area (Å²) < 4.78 is 13.5. The van der Waals surface area contributed by atoms with Crippen molar-refractivity contribution in [2.75, 3.05) is 12.0 Å². The smallest absolute Gasteiger partial charge is 0.126 e. The summed E-state index contributed by atoms with van der Waals surface area (Å²) in [6.45, 7) is 2.22. The molecule has 17 heavy (non-hydrogen) atoms. The number of benzene rings is 1. The van der Waals surface area contributed by atoms with Gasteiger partial charge in [-0.2, -0.15) is 11.8 Å². The molecule has 0 heterocycles. The Bertz CT molecular complexity index is 363. The van der Waals surface area contributed by atoms with E-state index in [9.17, 15) is 4.39 Å². The van der Waals surface area contributed by atoms with Gasteiger partial charge in [-0.25, -0.2) is 4.39 Å². The van der Waals surface area contributed by atoms with E-state index in [2.05, 4.69) is 18.5 Å². The first kappa shape index (κ1) is 12.9. The normalized spacial score (nSPS) is 25.4. The topological polar surface area (TPSA) is 12.0 Å². The molecule has 3 heteroatoms. The lowest BCUT2D eigenvalue weighted by Crippen LogP contribution is -2.45. The van der Waals surface area contributed by atoms with Crippen molar-refractivity contribution < 1.29 is 4.39 Å². The Balaban J connectivity index is 1.81. The van der Waals surface area contributed by atoms with Crippen molar-refractivity contribution in [3.05, 3.63) is 35.6 Å². The highest BCUT2D eigenvalue weighted by Crippen LogP contribution is 2.38. The Morgan fingerprint density at radius 1 is 1.41 bits per heavy atom. The van der Waals surface area contributed by atoms with Crippen LogP contribution in [0.1, 0.15) is 31.2 Å². The average Bonchev–Trinajstić information content (AvgIpc) is 2.25. The zero-order chi connectivity index (χ0) is 12.3. The highest BCUT2D eigenvalue weighted by Gasteiger charge is 2.32. The van der Waals surface area contributed by atoms with E-state index >= 15 is 0 Å². The van der Waals surface area contributed by atoms with Crippen LogP contribution in [0.25, 0.3) is 0 Å². The predicted octanol–water partition coefficient (Wildman–Crippen LogP) is 3.41. The fourth-order valence-electron chi connectivity index (χ4n) is 2.51. The van der Waals surface area contributed by atoms with Crippen LogP contribution in [0.2, 0.25) is 0 Å². The number of hydrogen-bond donors (Lipinski definition) is 1. The van der Waals surface area contributed by atoms with Crippen molar-refractivity contribution in [1.82, 2.24) is 5.32 Å². The highest BCUT2D eigenvalue weighted by molar-refractivity contribution is 7.98. The van der Waals surface area contributed by atoms with E-state index in [1.54, 1.807) is 12.1 Å². The van der Waals surface area contributed by atoms with Crippen LogP contribution in [0.4, 0.5) is 4.39 Å². The second kappa shape index (κ2) is 5.87. The molecule has 1 nitrogen and oxygen atoms in total. The number of hydrogen-bond acceptors (Lipinski definition) is 2. The Hall–Kier alpha value is -0.540. The van der Waals surface area contributed by atoms with Crippen LogP contribution in [0.3, 0.4) is 0 Å². The van der Waals surface area contributed by atoms with E-state index in [0.717, 1.165) is 24.2 Å². The third-order valence-electron chi connectivity index (χ3n) is 3.42. The molecule has 1 atom stereocenters. The Labute approximate surface area is 107 Å². The molecular weight excluding hydrogens is 233 g/mol. The largest absolute Gasteiger partial charge is 0.311 e. The lowest BCUT2D eigenvalue weighted by atomic mass is 9.75. The minimum atomic E-state index is -0.0480. The highest BCUT2D eigenvalue weighted by atomic mass is 32.2. The fourth-order valence-corrected chi connectivity index (χ4v) is 3.11. The molecule has 0 saturated heterocycles. The van der Waals surface area contributed by atoms with Crippen LogP contribution in [0.5, 0.6) is 0 Å². The Morgan fingerprint density at radius 2 is 2.12 bits per heavy atom. The number of halogens is 1. The minimum Gasteiger partial charge on any atom is -0.311 e. The third kappa shape index (κ3) is 3.23. The van der Waals surface area contributed by atoms with Crippen molar-refractivity contribution in [2.45, 2.75) is 37.8 Å². The Morgan fingerprint density at radius 3 is 2.76 bits per heavy atom. The average molecular weight is 253 g/mol. The van der Waals surface area contributed by atoms with Gasteiger partial charge in [0.25, 0.3) is 0 Å². The maximum atomic E-state index is 13.5. The van der Waals surface area contributed by atoms with Gasteiger partial charge >= 0.3 is 0 Å². The molecule has 0 spiro atoms. The molecule has 1 unspecified atom stereocenters. The molecule has 0 radical (unpaired) electrons. The third-order valence-corrected chi connectivity index (χ3v) is 4.25. The lowest BCUT2D eigenvalue weighted by Gasteiger charge is -2.38. The SMILES string of the molecule is CSCC(C)NC1CC(c2ccccc2F)C1. The summed E-state index contributed by atoms with van der Waals surface area (Å²) >= 11 is 1.86. The summed E-state index contributed by atoms with van der Waals surface area (Å²) in [5.41, 5.74) is 0.892. The van der Waals surface area contributed by atoms with Crippen molar-refractivity contribution in [3.8, 4) is 0 Å². The Kier molecular flexibility index (Phi) is 4.46. The molecule has 0 bridgehead atoms. The van der Waals surface area contributed by atoms with Gasteiger partial charge in [0.15, 0.2) is 0 Å². The first-order chi connectivity index (χ1) is 8.20. The summed E-state index contributed by atoms with van der Waals surface area (Å²) in [4.78, 5) is 0. The maximum Gasteiger partial charge on any atom is 0.126 e. The van der Waals surface area contributed by atoms with E-state index in [4.69, 9.17) is 0 Å². The summed E-state index contributed by atoms with van der Waals surface area (Å²) in [6, 6.07) is 8.29. The van der Waals surface area contributed by atoms with Gasteiger partial charge in [0.05, 0.1) is 0 Å². The summed E-state index contributed by atoms with van der Waals surface area (Å²) in [5, 5.41) is 3.59. The second-order valence-electron chi connectivity index (χ2n) is 4.91. The number of nitrogens with one attached hydrogen (secondary N) is 1. The first-order valence-corrected chi connectivity index (χ1v) is 7.59. The van der Waals surface area contributed by atoms with Crippen LogP contribution in [-0.2, 0) is 0 Å². The monoisotopic (exact) mass is 253 g/mol. The molecule has 0 amide bonds. The second-order valence-corrected chi connectivity index (χ2v) is 5.82. The maximum absolute atomic E-state index is 13.5. The van der Waals surface area contributed by atoms with Crippen LogP contribution in [0.15, 0.2) is 24.3 Å². The van der Waals surface area contributed by atoms with Crippen molar-refractivity contribution in [3.63, 3.8) is 0 Å².